The molecular weight excluding hydrogens is 278 g/mol. The van der Waals surface area contributed by atoms with Gasteiger partial charge in [-0.25, -0.2) is 0 Å². The van der Waals surface area contributed by atoms with Crippen molar-refractivity contribution in [3.8, 4) is 5.75 Å². The molecule has 0 heterocycles. The van der Waals surface area contributed by atoms with E-state index in [-0.39, 0.29) is 11.9 Å². The third-order valence-corrected chi connectivity index (χ3v) is 3.64. The number of nitrogen functional groups attached to an aromatic ring is 1. The molecule has 0 fully saturated rings. The van der Waals surface area contributed by atoms with Gasteiger partial charge in [0.2, 0.25) is 5.91 Å². The largest absolute Gasteiger partial charge is 0.494 e. The van der Waals surface area contributed by atoms with E-state index < -0.39 is 0 Å². The molecule has 22 heavy (non-hydrogen) atoms. The molecule has 1 aromatic carbocycles. The third kappa shape index (κ3) is 4.91. The number of carbonyl (C=O) groups is 1. The van der Waals surface area contributed by atoms with Crippen molar-refractivity contribution < 1.29 is 9.53 Å². The maximum atomic E-state index is 12.6. The zero-order valence-electron chi connectivity index (χ0n) is 14.2. The van der Waals surface area contributed by atoms with E-state index >= 15 is 0 Å². The molecule has 5 nitrogen and oxygen atoms in total. The molecule has 0 aliphatic heterocycles. The number of carbonyl (C=O) groups excluding carboxylic acids is 1. The van der Waals surface area contributed by atoms with E-state index in [0.717, 1.165) is 32.4 Å². The molecule has 124 valence electrons. The highest BCUT2D eigenvalue weighted by molar-refractivity contribution is 5.96. The molecular formula is C17H29N3O2. The first-order chi connectivity index (χ1) is 10.6. The van der Waals surface area contributed by atoms with Crippen LogP contribution in [0.5, 0.6) is 5.75 Å². The molecule has 1 amide bonds. The fourth-order valence-corrected chi connectivity index (χ4v) is 2.63. The fourth-order valence-electron chi connectivity index (χ4n) is 2.63. The molecule has 0 saturated carbocycles. The van der Waals surface area contributed by atoms with Crippen LogP contribution in [0.25, 0.3) is 0 Å². The van der Waals surface area contributed by atoms with Crippen molar-refractivity contribution in [3.63, 3.8) is 0 Å². The quantitative estimate of drug-likeness (QED) is 0.688. The van der Waals surface area contributed by atoms with E-state index in [1.54, 1.807) is 25.3 Å². The van der Waals surface area contributed by atoms with Crippen LogP contribution in [0.15, 0.2) is 18.2 Å². The first-order valence-corrected chi connectivity index (χ1v) is 8.05. The minimum absolute atomic E-state index is 0.00692. The number of nitrogens with two attached hydrogens (primary N) is 1. The van der Waals surface area contributed by atoms with Gasteiger partial charge in [-0.15, -0.1) is 0 Å². The van der Waals surface area contributed by atoms with Gasteiger partial charge in [-0.2, -0.15) is 0 Å². The number of anilines is 2. The highest BCUT2D eigenvalue weighted by Gasteiger charge is 2.23. The van der Waals surface area contributed by atoms with E-state index in [9.17, 15) is 4.79 Å². The molecule has 0 aliphatic rings. The van der Waals surface area contributed by atoms with Gasteiger partial charge in [0.1, 0.15) is 5.75 Å². The number of rotatable bonds is 9. The lowest BCUT2D eigenvalue weighted by atomic mass is 10.1. The number of amides is 1. The van der Waals surface area contributed by atoms with Crippen LogP contribution in [0.1, 0.15) is 40.0 Å². The minimum atomic E-state index is -0.123. The number of benzene rings is 1. The number of hydrogen-bond donors (Lipinski definition) is 2. The molecule has 1 aromatic rings. The Morgan fingerprint density at radius 1 is 1.27 bits per heavy atom. The summed E-state index contributed by atoms with van der Waals surface area (Å²) in [6.07, 6.45) is 2.85. The van der Waals surface area contributed by atoms with Crippen molar-refractivity contribution in [2.75, 3.05) is 31.2 Å². The predicted octanol–water partition coefficient (Wildman–Crippen LogP) is 3.12. The third-order valence-electron chi connectivity index (χ3n) is 3.64. The average Bonchev–Trinajstić information content (AvgIpc) is 2.50. The van der Waals surface area contributed by atoms with Crippen LogP contribution < -0.4 is 15.8 Å². The molecule has 5 heteroatoms. The molecule has 0 saturated heterocycles. The van der Waals surface area contributed by atoms with Gasteiger partial charge in [0.15, 0.2) is 0 Å². The Balaban J connectivity index is 2.88. The Labute approximate surface area is 133 Å². The molecule has 0 radical (unpaired) electrons. The van der Waals surface area contributed by atoms with E-state index in [0.29, 0.717) is 17.1 Å². The van der Waals surface area contributed by atoms with Crippen molar-refractivity contribution in [2.45, 2.75) is 46.1 Å². The monoisotopic (exact) mass is 307 g/mol. The second-order valence-corrected chi connectivity index (χ2v) is 5.41. The van der Waals surface area contributed by atoms with Gasteiger partial charge in [0.05, 0.1) is 18.8 Å². The lowest BCUT2D eigenvalue weighted by Gasteiger charge is -2.29. The summed E-state index contributed by atoms with van der Waals surface area (Å²) in [5.41, 5.74) is 7.02. The van der Waals surface area contributed by atoms with Gasteiger partial charge in [-0.3, -0.25) is 9.69 Å². The highest BCUT2D eigenvalue weighted by Crippen LogP contribution is 2.27. The molecule has 1 unspecified atom stereocenters. The molecule has 1 rings (SSSR count). The maximum Gasteiger partial charge on any atom is 0.241 e. The SMILES string of the molecule is CCCN(CCC)C(CC)C(=O)Nc1ccc(N)cc1OC. The number of nitrogens with zero attached hydrogens (tertiary/aromatic N) is 1. The summed E-state index contributed by atoms with van der Waals surface area (Å²) in [4.78, 5) is 14.9. The van der Waals surface area contributed by atoms with E-state index in [1.807, 2.05) is 6.92 Å². The second kappa shape index (κ2) is 9.30. The van der Waals surface area contributed by atoms with Crippen molar-refractivity contribution >= 4 is 17.3 Å². The summed E-state index contributed by atoms with van der Waals surface area (Å²) in [5, 5.41) is 2.98. The van der Waals surface area contributed by atoms with Gasteiger partial charge < -0.3 is 15.8 Å². The molecule has 0 aliphatic carbocycles. The number of methoxy groups -OCH3 is 1. The van der Waals surface area contributed by atoms with Gasteiger partial charge >= 0.3 is 0 Å². The normalized spacial score (nSPS) is 12.2. The lowest BCUT2D eigenvalue weighted by molar-refractivity contribution is -0.121. The second-order valence-electron chi connectivity index (χ2n) is 5.41. The van der Waals surface area contributed by atoms with Crippen LogP contribution in [0, 0.1) is 0 Å². The van der Waals surface area contributed by atoms with E-state index in [2.05, 4.69) is 24.1 Å². The average molecular weight is 307 g/mol. The van der Waals surface area contributed by atoms with Crippen LogP contribution in [-0.2, 0) is 4.79 Å². The zero-order chi connectivity index (χ0) is 16.5. The lowest BCUT2D eigenvalue weighted by Crippen LogP contribution is -2.44. The molecule has 1 atom stereocenters. The summed E-state index contributed by atoms with van der Waals surface area (Å²) < 4.78 is 5.29. The van der Waals surface area contributed by atoms with Crippen molar-refractivity contribution in [1.29, 1.82) is 0 Å². The van der Waals surface area contributed by atoms with Gasteiger partial charge in [-0.1, -0.05) is 20.8 Å². The zero-order valence-corrected chi connectivity index (χ0v) is 14.2. The summed E-state index contributed by atoms with van der Waals surface area (Å²) in [6, 6.07) is 5.13. The number of nitrogens with one attached hydrogen (secondary N) is 1. The van der Waals surface area contributed by atoms with Crippen LogP contribution in [0.3, 0.4) is 0 Å². The fraction of sp³-hybridized carbons (Fsp3) is 0.588. The first-order valence-electron chi connectivity index (χ1n) is 8.05. The Kier molecular flexibility index (Phi) is 7.74. The number of ether oxygens (including phenoxy) is 1. The Morgan fingerprint density at radius 2 is 1.91 bits per heavy atom. The van der Waals surface area contributed by atoms with Crippen LogP contribution in [0.2, 0.25) is 0 Å². The van der Waals surface area contributed by atoms with Crippen LogP contribution in [-0.4, -0.2) is 37.0 Å². The Bertz CT molecular complexity index is 471. The van der Waals surface area contributed by atoms with Crippen molar-refractivity contribution in [1.82, 2.24) is 4.90 Å². The topological polar surface area (TPSA) is 67.6 Å². The predicted molar refractivity (Wildman–Crippen MR) is 92.3 cm³/mol. The Hall–Kier alpha value is -1.75. The molecule has 0 aromatic heterocycles. The summed E-state index contributed by atoms with van der Waals surface area (Å²) in [6.45, 7) is 8.17. The first kappa shape index (κ1) is 18.3. The van der Waals surface area contributed by atoms with E-state index in [1.165, 1.54) is 0 Å². The Morgan fingerprint density at radius 3 is 2.41 bits per heavy atom. The maximum absolute atomic E-state index is 12.6. The highest BCUT2D eigenvalue weighted by atomic mass is 16.5. The van der Waals surface area contributed by atoms with Gasteiger partial charge in [0, 0.05) is 11.8 Å². The molecule has 0 bridgehead atoms. The van der Waals surface area contributed by atoms with E-state index in [4.69, 9.17) is 10.5 Å². The summed E-state index contributed by atoms with van der Waals surface area (Å²) in [5.74, 6) is 0.591. The smallest absolute Gasteiger partial charge is 0.241 e. The standard InChI is InChI=1S/C17H29N3O2/c1-5-10-20(11-6-2)15(7-3)17(21)19-14-9-8-13(18)12-16(14)22-4/h8-9,12,15H,5-7,10-11,18H2,1-4H3,(H,19,21). The molecule has 3 N–H and O–H groups in total. The van der Waals surface area contributed by atoms with Crippen LogP contribution in [0.4, 0.5) is 11.4 Å². The summed E-state index contributed by atoms with van der Waals surface area (Å²) >= 11 is 0. The summed E-state index contributed by atoms with van der Waals surface area (Å²) in [7, 11) is 1.57. The van der Waals surface area contributed by atoms with Gasteiger partial charge in [0.25, 0.3) is 0 Å². The van der Waals surface area contributed by atoms with Gasteiger partial charge in [-0.05, 0) is 44.5 Å². The molecule has 0 spiro atoms. The van der Waals surface area contributed by atoms with Crippen LogP contribution >= 0.6 is 0 Å². The number of hydrogen-bond acceptors (Lipinski definition) is 4. The van der Waals surface area contributed by atoms with Crippen molar-refractivity contribution in [3.05, 3.63) is 18.2 Å². The van der Waals surface area contributed by atoms with Crippen molar-refractivity contribution in [2.24, 2.45) is 0 Å². The minimum Gasteiger partial charge on any atom is -0.494 e.